The summed E-state index contributed by atoms with van der Waals surface area (Å²) in [5.74, 6) is 0.278. The normalized spacial score (nSPS) is 12.6. The summed E-state index contributed by atoms with van der Waals surface area (Å²) in [5, 5.41) is 11.0. The van der Waals surface area contributed by atoms with Crippen LogP contribution in [-0.2, 0) is 0 Å². The zero-order valence-electron chi connectivity index (χ0n) is 14.9. The van der Waals surface area contributed by atoms with E-state index in [2.05, 4.69) is 48.2 Å². The van der Waals surface area contributed by atoms with Gasteiger partial charge in [-0.25, -0.2) is 4.68 Å². The number of aromatic nitrogens is 3. The number of rotatable bonds is 8. The van der Waals surface area contributed by atoms with Gasteiger partial charge in [-0.15, -0.1) is 5.10 Å². The van der Waals surface area contributed by atoms with Crippen LogP contribution in [0.4, 0.5) is 0 Å². The number of carbonyl (C=O) groups is 1. The van der Waals surface area contributed by atoms with Gasteiger partial charge < -0.3 is 5.32 Å². The Bertz CT molecular complexity index is 634. The van der Waals surface area contributed by atoms with E-state index in [1.165, 1.54) is 0 Å². The molecule has 1 aromatic heterocycles. The summed E-state index contributed by atoms with van der Waals surface area (Å²) in [6.07, 6.45) is 1.66. The molecule has 0 saturated heterocycles. The maximum absolute atomic E-state index is 12.4. The average Bonchev–Trinajstić information content (AvgIpc) is 3.09. The quantitative estimate of drug-likeness (QED) is 0.807. The Morgan fingerprint density at radius 3 is 2.46 bits per heavy atom. The molecular formula is C18H27N5O. The van der Waals surface area contributed by atoms with E-state index in [0.717, 1.165) is 18.8 Å². The molecule has 24 heavy (non-hydrogen) atoms. The molecule has 2 rings (SSSR count). The summed E-state index contributed by atoms with van der Waals surface area (Å²) in [7, 11) is 0. The molecule has 1 amide bonds. The molecule has 6 heteroatoms. The van der Waals surface area contributed by atoms with Gasteiger partial charge in [0.05, 0.1) is 11.9 Å². The number of amides is 1. The lowest BCUT2D eigenvalue weighted by Gasteiger charge is -2.32. The smallest absolute Gasteiger partial charge is 0.273 e. The van der Waals surface area contributed by atoms with Crippen molar-refractivity contribution in [3.8, 4) is 5.69 Å². The summed E-state index contributed by atoms with van der Waals surface area (Å²) in [5.41, 5.74) is 1.22. The highest BCUT2D eigenvalue weighted by molar-refractivity contribution is 5.91. The molecule has 0 aliphatic heterocycles. The van der Waals surface area contributed by atoms with Crippen molar-refractivity contribution in [3.05, 3.63) is 42.2 Å². The molecule has 0 aliphatic rings. The van der Waals surface area contributed by atoms with E-state index >= 15 is 0 Å². The highest BCUT2D eigenvalue weighted by Crippen LogP contribution is 2.10. The van der Waals surface area contributed by atoms with E-state index in [9.17, 15) is 4.79 Å². The van der Waals surface area contributed by atoms with Gasteiger partial charge in [0, 0.05) is 12.6 Å². The van der Waals surface area contributed by atoms with Crippen molar-refractivity contribution in [1.29, 1.82) is 0 Å². The zero-order valence-corrected chi connectivity index (χ0v) is 14.9. The fraction of sp³-hybridized carbons (Fsp3) is 0.500. The Balaban J connectivity index is 2.01. The van der Waals surface area contributed by atoms with E-state index in [4.69, 9.17) is 0 Å². The minimum Gasteiger partial charge on any atom is -0.349 e. The molecule has 2 aromatic rings. The minimum absolute atomic E-state index is 0.185. The van der Waals surface area contributed by atoms with E-state index in [1.54, 1.807) is 10.9 Å². The molecule has 0 radical (unpaired) electrons. The zero-order chi connectivity index (χ0) is 17.5. The van der Waals surface area contributed by atoms with Gasteiger partial charge in [0.25, 0.3) is 5.91 Å². The van der Waals surface area contributed by atoms with Gasteiger partial charge in [-0.3, -0.25) is 9.69 Å². The Kier molecular flexibility index (Phi) is 6.49. The first-order chi connectivity index (χ1) is 11.6. The van der Waals surface area contributed by atoms with Crippen LogP contribution in [0, 0.1) is 5.92 Å². The number of hydrogen-bond donors (Lipinski definition) is 1. The van der Waals surface area contributed by atoms with Gasteiger partial charge >= 0.3 is 0 Å². The Morgan fingerprint density at radius 1 is 1.21 bits per heavy atom. The van der Waals surface area contributed by atoms with Crippen molar-refractivity contribution in [3.63, 3.8) is 0 Å². The minimum atomic E-state index is -0.185. The summed E-state index contributed by atoms with van der Waals surface area (Å²) >= 11 is 0. The van der Waals surface area contributed by atoms with Crippen LogP contribution in [0.5, 0.6) is 0 Å². The van der Waals surface area contributed by atoms with Gasteiger partial charge in [0.15, 0.2) is 5.69 Å². The summed E-state index contributed by atoms with van der Waals surface area (Å²) in [6, 6.07) is 9.94. The fourth-order valence-corrected chi connectivity index (χ4v) is 2.84. The van der Waals surface area contributed by atoms with E-state index in [0.29, 0.717) is 24.2 Å². The van der Waals surface area contributed by atoms with Gasteiger partial charge in [-0.2, -0.15) is 0 Å². The molecule has 0 fully saturated rings. The molecule has 0 spiro atoms. The molecule has 1 heterocycles. The third kappa shape index (κ3) is 4.41. The number of nitrogens with one attached hydrogen (secondary N) is 1. The third-order valence-corrected chi connectivity index (χ3v) is 4.27. The standard InChI is InChI=1S/C18H27N5O/c1-5-22(6-2)17(14(3)4)12-19-18(24)16-13-23(21-20-16)15-10-8-7-9-11-15/h7-11,13-14,17H,5-6,12H2,1-4H3,(H,19,24). The van der Waals surface area contributed by atoms with Crippen molar-refractivity contribution < 1.29 is 4.79 Å². The van der Waals surface area contributed by atoms with Crippen molar-refractivity contribution in [1.82, 2.24) is 25.2 Å². The number of hydrogen-bond acceptors (Lipinski definition) is 4. The summed E-state index contributed by atoms with van der Waals surface area (Å²) < 4.78 is 1.61. The van der Waals surface area contributed by atoms with Crippen LogP contribution < -0.4 is 5.32 Å². The van der Waals surface area contributed by atoms with Crippen LogP contribution in [0.25, 0.3) is 5.69 Å². The van der Waals surface area contributed by atoms with E-state index in [1.807, 2.05) is 30.3 Å². The van der Waals surface area contributed by atoms with Crippen molar-refractivity contribution in [2.45, 2.75) is 33.7 Å². The van der Waals surface area contributed by atoms with Gasteiger partial charge in [-0.1, -0.05) is 51.1 Å². The topological polar surface area (TPSA) is 63.1 Å². The van der Waals surface area contributed by atoms with Crippen LogP contribution in [0.3, 0.4) is 0 Å². The van der Waals surface area contributed by atoms with Crippen molar-refractivity contribution in [2.24, 2.45) is 5.92 Å². The third-order valence-electron chi connectivity index (χ3n) is 4.27. The highest BCUT2D eigenvalue weighted by atomic mass is 16.2. The predicted molar refractivity (Wildman–Crippen MR) is 95.2 cm³/mol. The van der Waals surface area contributed by atoms with E-state index in [-0.39, 0.29) is 5.91 Å². The fourth-order valence-electron chi connectivity index (χ4n) is 2.84. The molecule has 6 nitrogen and oxygen atoms in total. The van der Waals surface area contributed by atoms with Crippen LogP contribution in [0.2, 0.25) is 0 Å². The first-order valence-corrected chi connectivity index (χ1v) is 8.56. The summed E-state index contributed by atoms with van der Waals surface area (Å²) in [4.78, 5) is 14.7. The molecule has 130 valence electrons. The lowest BCUT2D eigenvalue weighted by molar-refractivity contribution is 0.0916. The average molecular weight is 329 g/mol. The monoisotopic (exact) mass is 329 g/mol. The van der Waals surface area contributed by atoms with Crippen LogP contribution in [-0.4, -0.2) is 51.5 Å². The molecule has 0 bridgehead atoms. The second kappa shape index (κ2) is 8.59. The predicted octanol–water partition coefficient (Wildman–Crippen LogP) is 2.36. The van der Waals surface area contributed by atoms with Gasteiger partial charge in [0.2, 0.25) is 0 Å². The number of carbonyl (C=O) groups excluding carboxylic acids is 1. The molecular weight excluding hydrogens is 302 g/mol. The lowest BCUT2D eigenvalue weighted by Crippen LogP contribution is -2.46. The van der Waals surface area contributed by atoms with Crippen LogP contribution >= 0.6 is 0 Å². The first-order valence-electron chi connectivity index (χ1n) is 8.56. The SMILES string of the molecule is CCN(CC)C(CNC(=O)c1cn(-c2ccccc2)nn1)C(C)C. The Hall–Kier alpha value is -2.21. The number of likely N-dealkylation sites (N-methyl/N-ethyl adjacent to an activating group) is 1. The van der Waals surface area contributed by atoms with Gasteiger partial charge in [-0.05, 0) is 31.1 Å². The number of para-hydroxylation sites is 1. The van der Waals surface area contributed by atoms with Crippen LogP contribution in [0.1, 0.15) is 38.2 Å². The molecule has 1 unspecified atom stereocenters. The van der Waals surface area contributed by atoms with Gasteiger partial charge in [0.1, 0.15) is 0 Å². The second-order valence-electron chi connectivity index (χ2n) is 6.13. The van der Waals surface area contributed by atoms with Crippen molar-refractivity contribution in [2.75, 3.05) is 19.6 Å². The Morgan fingerprint density at radius 2 is 1.88 bits per heavy atom. The largest absolute Gasteiger partial charge is 0.349 e. The summed E-state index contributed by atoms with van der Waals surface area (Å²) in [6.45, 7) is 11.2. The molecule has 1 N–H and O–H groups in total. The molecule has 1 aromatic carbocycles. The Labute approximate surface area is 143 Å². The molecule has 1 atom stereocenters. The maximum atomic E-state index is 12.4. The van der Waals surface area contributed by atoms with Crippen LogP contribution in [0.15, 0.2) is 36.5 Å². The highest BCUT2D eigenvalue weighted by Gasteiger charge is 2.21. The number of benzene rings is 1. The second-order valence-corrected chi connectivity index (χ2v) is 6.13. The lowest BCUT2D eigenvalue weighted by atomic mass is 10.0. The first kappa shape index (κ1) is 18.1. The van der Waals surface area contributed by atoms with E-state index < -0.39 is 0 Å². The maximum Gasteiger partial charge on any atom is 0.273 e. The van der Waals surface area contributed by atoms with Crippen molar-refractivity contribution >= 4 is 5.91 Å². The number of nitrogens with zero attached hydrogens (tertiary/aromatic N) is 4. The molecule has 0 aliphatic carbocycles. The molecule has 0 saturated carbocycles.